The zero-order chi connectivity index (χ0) is 37.2. The molecule has 0 aromatic heterocycles. The Kier molecular flexibility index (Phi) is 25.8. The Morgan fingerprint density at radius 2 is 1.38 bits per heavy atom. The van der Waals surface area contributed by atoms with E-state index in [9.17, 15) is 38.7 Å². The van der Waals surface area contributed by atoms with Crippen LogP contribution in [0.15, 0.2) is 36.5 Å². The number of carbonyl (C=O) groups excluding carboxylic acids is 1. The topological polar surface area (TPSA) is 212 Å². The molecular formula is C36H65NO12S. The van der Waals surface area contributed by atoms with E-state index in [1.54, 1.807) is 6.08 Å². The minimum absolute atomic E-state index is 0.228. The van der Waals surface area contributed by atoms with Crippen molar-refractivity contribution in [3.05, 3.63) is 36.5 Å². The van der Waals surface area contributed by atoms with Gasteiger partial charge in [0.15, 0.2) is 6.29 Å². The first-order valence-corrected chi connectivity index (χ1v) is 19.8. The van der Waals surface area contributed by atoms with Gasteiger partial charge in [-0.2, -0.15) is 8.42 Å². The van der Waals surface area contributed by atoms with E-state index in [4.69, 9.17) is 14.0 Å². The lowest BCUT2D eigenvalue weighted by atomic mass is 9.99. The van der Waals surface area contributed by atoms with Gasteiger partial charge in [-0.05, 0) is 51.4 Å². The number of allylic oxidation sites excluding steroid dienone is 5. The van der Waals surface area contributed by atoms with Crippen LogP contribution in [0.5, 0.6) is 0 Å². The monoisotopic (exact) mass is 735 g/mol. The lowest BCUT2D eigenvalue weighted by Crippen LogP contribution is -2.61. The highest BCUT2D eigenvalue weighted by Gasteiger charge is 2.48. The van der Waals surface area contributed by atoms with E-state index in [0.29, 0.717) is 12.8 Å². The van der Waals surface area contributed by atoms with Gasteiger partial charge in [0, 0.05) is 0 Å². The molecule has 292 valence electrons. The van der Waals surface area contributed by atoms with Crippen molar-refractivity contribution in [2.24, 2.45) is 0 Å². The SMILES string of the molecule is CCC/C=C/CC/C=C/C(O)C(COC1OC(CO)C(O)C(OS(=O)(=O)O)C1O)NC(=O)C(O)CCCCCCCC/C=C\CCCCCC. The van der Waals surface area contributed by atoms with Crippen LogP contribution in [0.3, 0.4) is 0 Å². The average Bonchev–Trinajstić information content (AvgIpc) is 3.08. The first-order chi connectivity index (χ1) is 23.9. The number of ether oxygens (including phenoxy) is 2. The molecule has 0 aliphatic carbocycles. The average molecular weight is 736 g/mol. The van der Waals surface area contributed by atoms with Crippen molar-refractivity contribution in [2.75, 3.05) is 13.2 Å². The van der Waals surface area contributed by atoms with Gasteiger partial charge in [-0.15, -0.1) is 0 Å². The molecule has 14 heteroatoms. The molecule has 1 aliphatic heterocycles. The standard InChI is InChI=1S/C36H65NO12S/c1-3-5-7-9-11-12-13-14-15-16-17-19-21-23-25-30(40)35(43)37-28(29(39)24-22-20-18-10-8-6-4-2)27-47-36-33(42)34(49-50(44,45)46)32(41)31(26-38)48-36/h8,10,12-13,22,24,28-34,36,38-42H,3-7,9,11,14-21,23,25-27H2,1-2H3,(H,37,43)(H,44,45,46)/b10-8+,13-12-,24-22+. The van der Waals surface area contributed by atoms with Crippen molar-refractivity contribution < 1.29 is 57.0 Å². The van der Waals surface area contributed by atoms with Crippen molar-refractivity contribution >= 4 is 16.3 Å². The number of amides is 1. The highest BCUT2D eigenvalue weighted by atomic mass is 32.3. The number of nitrogens with one attached hydrogen (secondary N) is 1. The zero-order valence-electron chi connectivity index (χ0n) is 30.1. The molecule has 0 radical (unpaired) electrons. The summed E-state index contributed by atoms with van der Waals surface area (Å²) < 4.78 is 47.0. The summed E-state index contributed by atoms with van der Waals surface area (Å²) in [6.07, 6.45) is 17.2. The van der Waals surface area contributed by atoms with Gasteiger partial charge in [0.05, 0.1) is 25.4 Å². The van der Waals surface area contributed by atoms with Gasteiger partial charge >= 0.3 is 10.4 Å². The van der Waals surface area contributed by atoms with Crippen LogP contribution < -0.4 is 5.32 Å². The number of unbranched alkanes of at least 4 members (excludes halogenated alkanes) is 12. The summed E-state index contributed by atoms with van der Waals surface area (Å²) in [6, 6.07) is -1.13. The maximum Gasteiger partial charge on any atom is 0.397 e. The van der Waals surface area contributed by atoms with Crippen molar-refractivity contribution in [1.82, 2.24) is 5.32 Å². The molecular weight excluding hydrogens is 670 g/mol. The highest BCUT2D eigenvalue weighted by Crippen LogP contribution is 2.26. The Labute approximate surface area is 299 Å². The minimum atomic E-state index is -5.11. The van der Waals surface area contributed by atoms with Gasteiger partial charge in [-0.25, -0.2) is 4.18 Å². The maximum atomic E-state index is 12.9. The van der Waals surface area contributed by atoms with Crippen LogP contribution in [0.25, 0.3) is 0 Å². The molecule has 1 amide bonds. The second kappa shape index (κ2) is 27.9. The van der Waals surface area contributed by atoms with Crippen LogP contribution in [0, 0.1) is 0 Å². The Morgan fingerprint density at radius 1 is 0.800 bits per heavy atom. The van der Waals surface area contributed by atoms with E-state index in [-0.39, 0.29) is 6.42 Å². The Bertz CT molecular complexity index is 1070. The minimum Gasteiger partial charge on any atom is -0.394 e. The van der Waals surface area contributed by atoms with Gasteiger partial charge in [0.1, 0.15) is 30.5 Å². The zero-order valence-corrected chi connectivity index (χ0v) is 30.9. The second-order valence-electron chi connectivity index (χ2n) is 12.9. The quantitative estimate of drug-likeness (QED) is 0.0328. The third kappa shape index (κ3) is 21.0. The molecule has 1 aliphatic rings. The molecule has 8 unspecified atom stereocenters. The first kappa shape index (κ1) is 46.3. The molecule has 1 heterocycles. The molecule has 1 saturated heterocycles. The fraction of sp³-hybridized carbons (Fsp3) is 0.806. The van der Waals surface area contributed by atoms with E-state index in [1.165, 1.54) is 31.8 Å². The van der Waals surface area contributed by atoms with E-state index in [1.807, 2.05) is 6.08 Å². The summed E-state index contributed by atoms with van der Waals surface area (Å²) in [6.45, 7) is 3.01. The first-order valence-electron chi connectivity index (χ1n) is 18.5. The van der Waals surface area contributed by atoms with Crippen LogP contribution >= 0.6 is 0 Å². The van der Waals surface area contributed by atoms with Gasteiger partial charge in [0.25, 0.3) is 0 Å². The van der Waals surface area contributed by atoms with Crippen LogP contribution in [-0.2, 0) is 28.9 Å². The fourth-order valence-electron chi connectivity index (χ4n) is 5.48. The predicted molar refractivity (Wildman–Crippen MR) is 191 cm³/mol. The summed E-state index contributed by atoms with van der Waals surface area (Å²) in [5.74, 6) is -0.726. The molecule has 7 N–H and O–H groups in total. The number of aliphatic hydroxyl groups excluding tert-OH is 5. The smallest absolute Gasteiger partial charge is 0.394 e. The van der Waals surface area contributed by atoms with Gasteiger partial charge in [-0.1, -0.05) is 108 Å². The summed E-state index contributed by atoms with van der Waals surface area (Å²) in [7, 11) is -5.11. The second-order valence-corrected chi connectivity index (χ2v) is 14.0. The van der Waals surface area contributed by atoms with E-state index in [0.717, 1.165) is 64.2 Å². The van der Waals surface area contributed by atoms with E-state index in [2.05, 4.69) is 41.6 Å². The summed E-state index contributed by atoms with van der Waals surface area (Å²) in [5, 5.41) is 54.5. The van der Waals surface area contributed by atoms with Crippen molar-refractivity contribution in [3.8, 4) is 0 Å². The van der Waals surface area contributed by atoms with Crippen molar-refractivity contribution in [3.63, 3.8) is 0 Å². The van der Waals surface area contributed by atoms with E-state index >= 15 is 0 Å². The molecule has 0 bridgehead atoms. The van der Waals surface area contributed by atoms with E-state index < -0.39 is 78.5 Å². The third-order valence-electron chi connectivity index (χ3n) is 8.48. The number of aliphatic hydroxyl groups is 5. The van der Waals surface area contributed by atoms with Crippen LogP contribution in [0.4, 0.5) is 0 Å². The van der Waals surface area contributed by atoms with Crippen LogP contribution in [0.1, 0.15) is 123 Å². The number of carbonyl (C=O) groups is 1. The number of hydrogen-bond acceptors (Lipinski definition) is 11. The van der Waals surface area contributed by atoms with Crippen molar-refractivity contribution in [1.29, 1.82) is 0 Å². The van der Waals surface area contributed by atoms with Gasteiger partial charge < -0.3 is 40.3 Å². The largest absolute Gasteiger partial charge is 0.397 e. The molecule has 8 atom stereocenters. The van der Waals surface area contributed by atoms with Crippen LogP contribution in [-0.4, -0.2) is 107 Å². The highest BCUT2D eigenvalue weighted by molar-refractivity contribution is 7.80. The van der Waals surface area contributed by atoms with Gasteiger partial charge in [-0.3, -0.25) is 9.35 Å². The molecule has 50 heavy (non-hydrogen) atoms. The van der Waals surface area contributed by atoms with Crippen molar-refractivity contribution in [2.45, 2.75) is 172 Å². The lowest BCUT2D eigenvalue weighted by Gasteiger charge is -2.41. The fourth-order valence-corrected chi connectivity index (χ4v) is 5.98. The predicted octanol–water partition coefficient (Wildman–Crippen LogP) is 4.18. The maximum absolute atomic E-state index is 12.9. The Hall–Kier alpha value is -1.72. The summed E-state index contributed by atoms with van der Waals surface area (Å²) in [5.41, 5.74) is 0. The molecule has 13 nitrogen and oxygen atoms in total. The molecule has 1 rings (SSSR count). The normalized spacial score (nSPS) is 23.6. The molecule has 0 saturated carbocycles. The Balaban J connectivity index is 2.67. The third-order valence-corrected chi connectivity index (χ3v) is 8.95. The lowest BCUT2D eigenvalue weighted by molar-refractivity contribution is -0.298. The summed E-state index contributed by atoms with van der Waals surface area (Å²) >= 11 is 0. The molecule has 0 spiro atoms. The van der Waals surface area contributed by atoms with Crippen LogP contribution in [0.2, 0.25) is 0 Å². The number of rotatable bonds is 29. The molecule has 0 aromatic rings. The summed E-state index contributed by atoms with van der Waals surface area (Å²) in [4.78, 5) is 12.9. The Morgan fingerprint density at radius 3 is 2.00 bits per heavy atom. The molecule has 0 aromatic carbocycles. The molecule has 1 fully saturated rings. The van der Waals surface area contributed by atoms with Gasteiger partial charge in [0.2, 0.25) is 5.91 Å². The number of hydrogen-bond donors (Lipinski definition) is 7.